The monoisotopic (exact) mass is 96.0 g/mol. The van der Waals surface area contributed by atoms with Gasteiger partial charge in [-0.05, 0) is 0 Å². The van der Waals surface area contributed by atoms with Gasteiger partial charge in [-0.3, -0.25) is 11.0 Å². The lowest BCUT2D eigenvalue weighted by Crippen LogP contribution is -1.84. The van der Waals surface area contributed by atoms with Crippen LogP contribution in [0, 0.1) is 0 Å². The van der Waals surface area contributed by atoms with Crippen molar-refractivity contribution in [3.63, 3.8) is 0 Å². The molecule has 0 aliphatic heterocycles. The van der Waals surface area contributed by atoms with Crippen LogP contribution in [0.5, 0.6) is 0 Å². The van der Waals surface area contributed by atoms with Crippen molar-refractivity contribution in [3.8, 4) is 0 Å². The number of hydrogen-bond donors (Lipinski definition) is 2. The van der Waals surface area contributed by atoms with Gasteiger partial charge in [0.05, 0.1) is 7.00 Å². The van der Waals surface area contributed by atoms with Crippen LogP contribution in [0.4, 0.5) is 0 Å². The van der Waals surface area contributed by atoms with E-state index in [4.69, 9.17) is 11.0 Å². The summed E-state index contributed by atoms with van der Waals surface area (Å²) in [5.74, 6) is 0. The van der Waals surface area contributed by atoms with Gasteiger partial charge >= 0.3 is 0 Å². The second-order valence-electron chi connectivity index (χ2n) is 0.402. The van der Waals surface area contributed by atoms with Crippen molar-refractivity contribution in [2.45, 2.75) is 0 Å². The molecule has 0 saturated heterocycles. The summed E-state index contributed by atoms with van der Waals surface area (Å²) in [5.41, 5.74) is 9.61. The first-order valence-corrected chi connectivity index (χ1v) is 3.57. The van der Waals surface area contributed by atoms with Gasteiger partial charge in [-0.2, -0.15) is 0 Å². The fraction of sp³-hybridized carbons (Fsp3) is 0. The van der Waals surface area contributed by atoms with Crippen LogP contribution in [0.3, 0.4) is 0 Å². The molecule has 0 unspecified atom stereocenters. The molecule has 0 heterocycles. The largest absolute Gasteiger partial charge is 0.294 e. The minimum absolute atomic E-state index is 1.30. The van der Waals surface area contributed by atoms with Crippen LogP contribution < -0.4 is 11.0 Å². The molecule has 0 amide bonds. The second-order valence-corrected chi connectivity index (χ2v) is 2.62. The van der Waals surface area contributed by atoms with E-state index in [0.717, 1.165) is 0 Å². The molecule has 4 heavy (non-hydrogen) atoms. The van der Waals surface area contributed by atoms with Crippen LogP contribution in [0.1, 0.15) is 0 Å². The molecule has 0 aromatic rings. The van der Waals surface area contributed by atoms with Crippen molar-refractivity contribution >= 4 is 18.8 Å². The van der Waals surface area contributed by atoms with Crippen molar-refractivity contribution in [2.24, 2.45) is 11.0 Å². The van der Waals surface area contributed by atoms with Crippen LogP contribution >= 0.6 is 7.00 Å². The summed E-state index contributed by atoms with van der Waals surface area (Å²) >= 11 is 4.28. The maximum atomic E-state index is 4.81. The van der Waals surface area contributed by atoms with Crippen molar-refractivity contribution in [2.75, 3.05) is 0 Å². The van der Waals surface area contributed by atoms with E-state index in [2.05, 4.69) is 11.8 Å². The van der Waals surface area contributed by atoms with Crippen molar-refractivity contribution in [3.05, 3.63) is 0 Å². The third-order valence-electron chi connectivity index (χ3n) is 0. The summed E-state index contributed by atoms with van der Waals surface area (Å²) in [6.45, 7) is -1.30. The molecule has 0 aliphatic rings. The Bertz CT molecular complexity index is 29.0. The average molecular weight is 96.1 g/mol. The van der Waals surface area contributed by atoms with E-state index in [9.17, 15) is 0 Å². The highest BCUT2D eigenvalue weighted by Gasteiger charge is 1.49. The lowest BCUT2D eigenvalue weighted by Gasteiger charge is -1.69. The fourth-order valence-corrected chi connectivity index (χ4v) is 0. The van der Waals surface area contributed by atoms with Crippen LogP contribution in [0.15, 0.2) is 0 Å². The van der Waals surface area contributed by atoms with Gasteiger partial charge in [0, 0.05) is 0 Å². The van der Waals surface area contributed by atoms with Gasteiger partial charge in [0.25, 0.3) is 0 Å². The standard InChI is InChI=1S/H5N2PS/c1-3(2)4/h3H,(H4,1,2,4). The smallest absolute Gasteiger partial charge is 0.0547 e. The van der Waals surface area contributed by atoms with Gasteiger partial charge in [-0.25, -0.2) is 0 Å². The van der Waals surface area contributed by atoms with Crippen LogP contribution in [0.25, 0.3) is 0 Å². The molecule has 4 heteroatoms. The zero-order valence-electron chi connectivity index (χ0n) is 2.06. The number of nitrogens with two attached hydrogens (primary N) is 2. The average Bonchev–Trinajstić information content (AvgIpc) is 0.811. The van der Waals surface area contributed by atoms with E-state index in [0.29, 0.717) is 0 Å². The first-order chi connectivity index (χ1) is 1.73. The molecular formula is H5N2PS. The second kappa shape index (κ2) is 1.85. The van der Waals surface area contributed by atoms with Crippen LogP contribution in [-0.4, -0.2) is 0 Å². The fourth-order valence-electron chi connectivity index (χ4n) is 0. The zero-order chi connectivity index (χ0) is 3.58. The quantitative estimate of drug-likeness (QED) is 0.396. The molecule has 0 atom stereocenters. The highest BCUT2D eigenvalue weighted by molar-refractivity contribution is 8.03. The van der Waals surface area contributed by atoms with Gasteiger partial charge in [0.1, 0.15) is 0 Å². The highest BCUT2D eigenvalue weighted by Crippen LogP contribution is 1.83. The molecular weight excluding hydrogens is 91.1 g/mol. The van der Waals surface area contributed by atoms with Crippen molar-refractivity contribution in [1.29, 1.82) is 0 Å². The van der Waals surface area contributed by atoms with Crippen LogP contribution in [0.2, 0.25) is 0 Å². The van der Waals surface area contributed by atoms with Gasteiger partial charge in [-0.15, -0.1) is 0 Å². The Hall–Kier alpha value is 0.570. The molecule has 2 nitrogen and oxygen atoms in total. The van der Waals surface area contributed by atoms with E-state index in [-0.39, 0.29) is 0 Å². The molecule has 0 saturated carbocycles. The van der Waals surface area contributed by atoms with Gasteiger partial charge in [0.2, 0.25) is 0 Å². The summed E-state index contributed by atoms with van der Waals surface area (Å²) in [5, 5.41) is 0. The molecule has 0 rings (SSSR count). The lowest BCUT2D eigenvalue weighted by atomic mass is 13.9. The number of hydrogen-bond acceptors (Lipinski definition) is 1. The number of rotatable bonds is 0. The Kier molecular flexibility index (Phi) is 2.11. The maximum Gasteiger partial charge on any atom is 0.0547 e. The van der Waals surface area contributed by atoms with Crippen molar-refractivity contribution in [1.82, 2.24) is 0 Å². The molecule has 0 spiro atoms. The molecule has 0 fully saturated rings. The molecule has 0 aromatic heterocycles. The zero-order valence-corrected chi connectivity index (χ0v) is 3.88. The molecule has 0 aliphatic carbocycles. The van der Waals surface area contributed by atoms with E-state index in [1.165, 1.54) is 0 Å². The van der Waals surface area contributed by atoms with Crippen LogP contribution in [-0.2, 0) is 11.8 Å². The molecule has 0 radical (unpaired) electrons. The third-order valence-corrected chi connectivity index (χ3v) is 0. The maximum absolute atomic E-state index is 4.81. The minimum atomic E-state index is -1.30. The van der Waals surface area contributed by atoms with E-state index < -0.39 is 7.00 Å². The van der Waals surface area contributed by atoms with E-state index in [1.807, 2.05) is 0 Å². The highest BCUT2D eigenvalue weighted by atomic mass is 32.4. The summed E-state index contributed by atoms with van der Waals surface area (Å²) in [4.78, 5) is 0. The molecule has 0 aromatic carbocycles. The van der Waals surface area contributed by atoms with Gasteiger partial charge in [-0.1, -0.05) is 11.8 Å². The van der Waals surface area contributed by atoms with E-state index in [1.54, 1.807) is 0 Å². The Labute approximate surface area is 30.7 Å². The predicted molar refractivity (Wildman–Crippen MR) is 24.1 cm³/mol. The van der Waals surface area contributed by atoms with Crippen molar-refractivity contribution < 1.29 is 0 Å². The summed E-state index contributed by atoms with van der Waals surface area (Å²) in [6, 6.07) is 0. The minimum Gasteiger partial charge on any atom is -0.294 e. The summed E-state index contributed by atoms with van der Waals surface area (Å²) in [6.07, 6.45) is 0. The Morgan fingerprint density at radius 3 is 1.50 bits per heavy atom. The SMILES string of the molecule is N[PH](N)=S. The first-order valence-electron chi connectivity index (χ1n) is 0.781. The van der Waals surface area contributed by atoms with E-state index >= 15 is 0 Å². The van der Waals surface area contributed by atoms with Gasteiger partial charge in [0.15, 0.2) is 0 Å². The molecule has 0 bridgehead atoms. The topological polar surface area (TPSA) is 52.0 Å². The normalized spacial score (nSPS) is 8.75. The molecule has 4 N–H and O–H groups in total. The molecule has 26 valence electrons. The Balaban J connectivity index is 2.80. The Morgan fingerprint density at radius 1 is 1.50 bits per heavy atom. The summed E-state index contributed by atoms with van der Waals surface area (Å²) < 4.78 is 0. The lowest BCUT2D eigenvalue weighted by molar-refractivity contribution is 1.86. The summed E-state index contributed by atoms with van der Waals surface area (Å²) in [7, 11) is 0. The first kappa shape index (κ1) is 4.57. The Morgan fingerprint density at radius 2 is 1.50 bits per heavy atom. The van der Waals surface area contributed by atoms with Gasteiger partial charge < -0.3 is 0 Å². The predicted octanol–water partition coefficient (Wildman–Crippen LogP) is -0.590. The third kappa shape index (κ3) is 19.5.